The van der Waals surface area contributed by atoms with E-state index in [-0.39, 0.29) is 23.4 Å². The molecule has 1 aliphatic rings. The number of aromatic amines is 1. The van der Waals surface area contributed by atoms with Crippen LogP contribution in [0.15, 0.2) is 17.5 Å². The molecule has 0 aliphatic heterocycles. The van der Waals surface area contributed by atoms with Crippen LogP contribution < -0.4 is 0 Å². The van der Waals surface area contributed by atoms with E-state index < -0.39 is 12.0 Å². The smallest absolute Gasteiger partial charge is 0.354 e. The molecule has 2 aromatic heterocycles. The summed E-state index contributed by atoms with van der Waals surface area (Å²) < 4.78 is 4.76. The zero-order chi connectivity index (χ0) is 19.0. The van der Waals surface area contributed by atoms with Crippen LogP contribution in [0, 0.1) is 13.8 Å². The van der Waals surface area contributed by atoms with Crippen molar-refractivity contribution in [3.8, 4) is 0 Å². The second-order valence-electron chi connectivity index (χ2n) is 6.58. The Morgan fingerprint density at radius 3 is 2.54 bits per heavy atom. The minimum Gasteiger partial charge on any atom is -0.464 e. The Bertz CT molecular complexity index is 849. The van der Waals surface area contributed by atoms with Gasteiger partial charge in [-0.1, -0.05) is 6.07 Å². The standard InChI is InChI=1S/C19H22N2O4S/c1-10-15(11(2)20-16(10)19(24)25-4)17(22)12(3)21(13-7-8-13)18(23)14-6-5-9-26-14/h5-6,9,12-13,20H,7-8H2,1-4H3. The van der Waals surface area contributed by atoms with E-state index in [4.69, 9.17) is 4.74 Å². The van der Waals surface area contributed by atoms with Crippen LogP contribution in [0.2, 0.25) is 0 Å². The Morgan fingerprint density at radius 2 is 2.00 bits per heavy atom. The number of aryl methyl sites for hydroxylation is 1. The number of aromatic nitrogens is 1. The topological polar surface area (TPSA) is 79.5 Å². The van der Waals surface area contributed by atoms with Gasteiger partial charge >= 0.3 is 5.97 Å². The van der Waals surface area contributed by atoms with Gasteiger partial charge in [-0.05, 0) is 50.6 Å². The molecule has 0 saturated heterocycles. The van der Waals surface area contributed by atoms with Gasteiger partial charge in [-0.2, -0.15) is 0 Å². The Labute approximate surface area is 156 Å². The maximum Gasteiger partial charge on any atom is 0.354 e. The molecule has 0 aromatic carbocycles. The molecule has 2 heterocycles. The highest BCUT2D eigenvalue weighted by Gasteiger charge is 2.40. The molecule has 0 bridgehead atoms. The van der Waals surface area contributed by atoms with Crippen LogP contribution in [0.5, 0.6) is 0 Å². The van der Waals surface area contributed by atoms with Crippen molar-refractivity contribution in [1.82, 2.24) is 9.88 Å². The molecular weight excluding hydrogens is 352 g/mol. The molecule has 0 radical (unpaired) electrons. The van der Waals surface area contributed by atoms with E-state index >= 15 is 0 Å². The Hall–Kier alpha value is -2.41. The van der Waals surface area contributed by atoms with Crippen LogP contribution in [0.1, 0.15) is 61.5 Å². The molecule has 0 spiro atoms. The molecule has 3 rings (SSSR count). The third kappa shape index (κ3) is 3.19. The second-order valence-corrected chi connectivity index (χ2v) is 7.53. The number of carbonyl (C=O) groups is 3. The predicted molar refractivity (Wildman–Crippen MR) is 98.9 cm³/mol. The largest absolute Gasteiger partial charge is 0.464 e. The number of thiophene rings is 1. The van der Waals surface area contributed by atoms with E-state index in [1.807, 2.05) is 11.4 Å². The molecule has 1 fully saturated rings. The summed E-state index contributed by atoms with van der Waals surface area (Å²) >= 11 is 1.38. The number of hydrogen-bond acceptors (Lipinski definition) is 5. The van der Waals surface area contributed by atoms with Gasteiger partial charge in [0, 0.05) is 17.3 Å². The van der Waals surface area contributed by atoms with E-state index in [1.54, 1.807) is 31.7 Å². The highest BCUT2D eigenvalue weighted by Crippen LogP contribution is 2.33. The Kier molecular flexibility index (Phi) is 5.00. The number of nitrogens with one attached hydrogen (secondary N) is 1. The number of methoxy groups -OCH3 is 1. The number of carbonyl (C=O) groups excluding carboxylic acids is 3. The van der Waals surface area contributed by atoms with Crippen LogP contribution in [-0.2, 0) is 4.74 Å². The van der Waals surface area contributed by atoms with Crippen molar-refractivity contribution < 1.29 is 19.1 Å². The molecule has 1 saturated carbocycles. The highest BCUT2D eigenvalue weighted by atomic mass is 32.1. The summed E-state index contributed by atoms with van der Waals surface area (Å²) in [6, 6.07) is 3.11. The average Bonchev–Trinajstić information content (AvgIpc) is 3.19. The van der Waals surface area contributed by atoms with Crippen molar-refractivity contribution in [2.45, 2.75) is 45.7 Å². The van der Waals surface area contributed by atoms with Gasteiger partial charge in [0.25, 0.3) is 5.91 Å². The summed E-state index contributed by atoms with van der Waals surface area (Å²) in [6.45, 7) is 5.23. The SMILES string of the molecule is COC(=O)c1[nH]c(C)c(C(=O)C(C)N(C(=O)c2cccs2)C2CC2)c1C. The molecule has 1 unspecified atom stereocenters. The number of amides is 1. The number of nitrogens with zero attached hydrogens (tertiary/aromatic N) is 1. The maximum atomic E-state index is 13.2. The number of ether oxygens (including phenoxy) is 1. The van der Waals surface area contributed by atoms with E-state index in [9.17, 15) is 14.4 Å². The lowest BCUT2D eigenvalue weighted by Crippen LogP contribution is -2.44. The van der Waals surface area contributed by atoms with Gasteiger partial charge in [-0.25, -0.2) is 4.79 Å². The number of H-pyrrole nitrogens is 1. The third-order valence-electron chi connectivity index (χ3n) is 4.78. The van der Waals surface area contributed by atoms with Crippen LogP contribution in [0.25, 0.3) is 0 Å². The first kappa shape index (κ1) is 18.4. The number of ketones is 1. The summed E-state index contributed by atoms with van der Waals surface area (Å²) in [6.07, 6.45) is 1.82. The average molecular weight is 374 g/mol. The van der Waals surface area contributed by atoms with Crippen molar-refractivity contribution in [2.24, 2.45) is 0 Å². The monoisotopic (exact) mass is 374 g/mol. The minimum atomic E-state index is -0.601. The Morgan fingerprint density at radius 1 is 1.31 bits per heavy atom. The summed E-state index contributed by atoms with van der Waals surface area (Å²) in [7, 11) is 1.30. The maximum absolute atomic E-state index is 13.2. The first-order valence-corrected chi connectivity index (χ1v) is 9.42. The van der Waals surface area contributed by atoms with E-state index in [0.717, 1.165) is 12.8 Å². The normalized spacial score (nSPS) is 14.8. The number of hydrogen-bond donors (Lipinski definition) is 1. The van der Waals surface area contributed by atoms with Crippen LogP contribution in [0.4, 0.5) is 0 Å². The van der Waals surface area contributed by atoms with Gasteiger partial charge in [0.1, 0.15) is 5.69 Å². The van der Waals surface area contributed by atoms with Gasteiger partial charge in [-0.15, -0.1) is 11.3 Å². The summed E-state index contributed by atoms with van der Waals surface area (Å²) in [5.74, 6) is -0.781. The van der Waals surface area contributed by atoms with E-state index in [1.165, 1.54) is 18.4 Å². The minimum absolute atomic E-state index is 0.100. The lowest BCUT2D eigenvalue weighted by atomic mass is 9.99. The first-order valence-electron chi connectivity index (χ1n) is 8.54. The molecule has 1 aliphatic carbocycles. The molecule has 1 N–H and O–H groups in total. The van der Waals surface area contributed by atoms with Crippen molar-refractivity contribution in [3.05, 3.63) is 44.9 Å². The third-order valence-corrected chi connectivity index (χ3v) is 5.63. The zero-order valence-corrected chi connectivity index (χ0v) is 16.1. The zero-order valence-electron chi connectivity index (χ0n) is 15.3. The highest BCUT2D eigenvalue weighted by molar-refractivity contribution is 7.12. The molecular formula is C19H22N2O4S. The molecule has 1 amide bonds. The lowest BCUT2D eigenvalue weighted by molar-refractivity contribution is 0.0592. The fourth-order valence-corrected chi connectivity index (χ4v) is 3.97. The van der Waals surface area contributed by atoms with Crippen LogP contribution >= 0.6 is 11.3 Å². The molecule has 1 atom stereocenters. The Balaban J connectivity index is 1.92. The first-order chi connectivity index (χ1) is 12.4. The van der Waals surface area contributed by atoms with Crippen molar-refractivity contribution in [1.29, 1.82) is 0 Å². The fraction of sp³-hybridized carbons (Fsp3) is 0.421. The molecule has 2 aromatic rings. The number of rotatable bonds is 6. The van der Waals surface area contributed by atoms with Crippen LogP contribution in [0.3, 0.4) is 0 Å². The van der Waals surface area contributed by atoms with Gasteiger partial charge in [0.2, 0.25) is 0 Å². The quantitative estimate of drug-likeness (QED) is 0.621. The van der Waals surface area contributed by atoms with Crippen LogP contribution in [-0.4, -0.2) is 46.7 Å². The van der Waals surface area contributed by atoms with E-state index in [0.29, 0.717) is 21.7 Å². The molecule has 7 heteroatoms. The van der Waals surface area contributed by atoms with Crippen molar-refractivity contribution >= 4 is 29.0 Å². The van der Waals surface area contributed by atoms with Gasteiger partial charge in [0.05, 0.1) is 18.0 Å². The van der Waals surface area contributed by atoms with Crippen molar-refractivity contribution in [3.63, 3.8) is 0 Å². The number of esters is 1. The lowest BCUT2D eigenvalue weighted by Gasteiger charge is -2.28. The molecule has 6 nitrogen and oxygen atoms in total. The van der Waals surface area contributed by atoms with Gasteiger partial charge in [0.15, 0.2) is 5.78 Å². The predicted octanol–water partition coefficient (Wildman–Crippen LogP) is 3.36. The molecule has 26 heavy (non-hydrogen) atoms. The fourth-order valence-electron chi connectivity index (χ4n) is 3.30. The van der Waals surface area contributed by atoms with Gasteiger partial charge in [-0.3, -0.25) is 9.59 Å². The van der Waals surface area contributed by atoms with E-state index in [2.05, 4.69) is 4.98 Å². The van der Waals surface area contributed by atoms with Gasteiger partial charge < -0.3 is 14.6 Å². The summed E-state index contributed by atoms with van der Waals surface area (Å²) in [5, 5.41) is 1.86. The summed E-state index contributed by atoms with van der Waals surface area (Å²) in [4.78, 5) is 43.2. The second kappa shape index (κ2) is 7.07. The van der Waals surface area contributed by atoms with Crippen molar-refractivity contribution in [2.75, 3.05) is 7.11 Å². The summed E-state index contributed by atoms with van der Waals surface area (Å²) in [5.41, 5.74) is 1.91. The number of Topliss-reactive ketones (excluding diaryl/α,β-unsaturated/α-hetero) is 1. The molecule has 138 valence electrons.